The molecular formula is C21H18N2O4S3. The van der Waals surface area contributed by atoms with Crippen molar-refractivity contribution in [3.8, 4) is 10.4 Å². The molecule has 1 unspecified atom stereocenters. The predicted octanol–water partition coefficient (Wildman–Crippen LogP) is 5.09. The van der Waals surface area contributed by atoms with Crippen molar-refractivity contribution in [2.45, 2.75) is 23.5 Å². The van der Waals surface area contributed by atoms with Gasteiger partial charge in [-0.15, -0.1) is 22.7 Å². The zero-order valence-corrected chi connectivity index (χ0v) is 18.6. The topological polar surface area (TPSA) is 84.5 Å². The fraction of sp³-hybridized carbons (Fsp3) is 0.190. The van der Waals surface area contributed by atoms with Gasteiger partial charge in [-0.25, -0.2) is 4.79 Å². The van der Waals surface area contributed by atoms with E-state index in [0.29, 0.717) is 21.8 Å². The van der Waals surface area contributed by atoms with Crippen LogP contribution >= 0.6 is 34.4 Å². The molecule has 1 atom stereocenters. The number of rotatable bonds is 5. The van der Waals surface area contributed by atoms with Gasteiger partial charge in [0.25, 0.3) is 5.91 Å². The van der Waals surface area contributed by atoms with E-state index in [-0.39, 0.29) is 6.61 Å². The number of esters is 1. The number of ether oxygens (including phenoxy) is 1. The first kappa shape index (κ1) is 20.6. The summed E-state index contributed by atoms with van der Waals surface area (Å²) in [6, 6.07) is 11.1. The van der Waals surface area contributed by atoms with Gasteiger partial charge in [0, 0.05) is 20.7 Å². The summed E-state index contributed by atoms with van der Waals surface area (Å²) in [7, 11) is 0. The van der Waals surface area contributed by atoms with E-state index in [9.17, 15) is 14.4 Å². The molecule has 1 aliphatic rings. The minimum atomic E-state index is -1.38. The van der Waals surface area contributed by atoms with Crippen LogP contribution in [0.4, 0.5) is 10.7 Å². The summed E-state index contributed by atoms with van der Waals surface area (Å²) in [6.45, 7) is 3.53. The molecule has 0 radical (unpaired) electrons. The molecule has 3 heterocycles. The molecule has 2 aromatic heterocycles. The van der Waals surface area contributed by atoms with Crippen molar-refractivity contribution in [1.29, 1.82) is 0 Å². The van der Waals surface area contributed by atoms with Gasteiger partial charge in [-0.3, -0.25) is 9.59 Å². The molecule has 3 aromatic rings. The second-order valence-electron chi connectivity index (χ2n) is 6.59. The molecule has 30 heavy (non-hydrogen) atoms. The quantitative estimate of drug-likeness (QED) is 0.411. The summed E-state index contributed by atoms with van der Waals surface area (Å²) in [6.07, 6.45) is 0. The van der Waals surface area contributed by atoms with Crippen molar-refractivity contribution >= 4 is 62.9 Å². The first-order valence-electron chi connectivity index (χ1n) is 9.17. The Kier molecular flexibility index (Phi) is 5.68. The van der Waals surface area contributed by atoms with Gasteiger partial charge in [-0.1, -0.05) is 30.0 Å². The van der Waals surface area contributed by atoms with Crippen LogP contribution in [0.15, 0.2) is 52.1 Å². The van der Waals surface area contributed by atoms with Crippen LogP contribution in [0, 0.1) is 0 Å². The lowest BCUT2D eigenvalue weighted by molar-refractivity contribution is -0.126. The first-order valence-corrected chi connectivity index (χ1v) is 11.7. The number of carbonyl (C=O) groups excluding carboxylic acids is 3. The highest BCUT2D eigenvalue weighted by atomic mass is 32.2. The predicted molar refractivity (Wildman–Crippen MR) is 122 cm³/mol. The molecule has 1 aliphatic heterocycles. The van der Waals surface area contributed by atoms with Gasteiger partial charge >= 0.3 is 5.97 Å². The number of amides is 2. The molecule has 0 bridgehead atoms. The van der Waals surface area contributed by atoms with Gasteiger partial charge in [0.1, 0.15) is 10.6 Å². The maximum atomic E-state index is 13.2. The highest BCUT2D eigenvalue weighted by Crippen LogP contribution is 2.44. The van der Waals surface area contributed by atoms with Crippen LogP contribution in [0.3, 0.4) is 0 Å². The standard InChI is InChI=1S/C21H18N2O4S3/c1-3-27-18(24)16-12(14-9-6-10-28-14)11-29-17(16)23-20(26)21(2)19(25)22-13-7-4-5-8-15(13)30-21/h4-11H,3H2,1-2H3,(H,22,25)(H,23,26). The Balaban J connectivity index is 1.66. The maximum Gasteiger partial charge on any atom is 0.341 e. The fourth-order valence-corrected chi connectivity index (χ4v) is 5.88. The van der Waals surface area contributed by atoms with Gasteiger partial charge in [0.15, 0.2) is 4.75 Å². The lowest BCUT2D eigenvalue weighted by Gasteiger charge is -2.31. The van der Waals surface area contributed by atoms with E-state index in [2.05, 4.69) is 10.6 Å². The number of fused-ring (bicyclic) bond motifs is 1. The molecule has 0 saturated heterocycles. The Morgan fingerprint density at radius 2 is 1.97 bits per heavy atom. The minimum Gasteiger partial charge on any atom is -0.462 e. The number of hydrogen-bond acceptors (Lipinski definition) is 7. The van der Waals surface area contributed by atoms with Crippen LogP contribution in [0.2, 0.25) is 0 Å². The van der Waals surface area contributed by atoms with E-state index in [1.54, 1.807) is 19.9 Å². The summed E-state index contributed by atoms with van der Waals surface area (Å²) in [5, 5.41) is 9.71. The maximum absolute atomic E-state index is 13.2. The van der Waals surface area contributed by atoms with Crippen molar-refractivity contribution < 1.29 is 19.1 Å². The molecule has 1 aromatic carbocycles. The Hall–Kier alpha value is -2.62. The van der Waals surface area contributed by atoms with Crippen molar-refractivity contribution in [3.05, 3.63) is 52.7 Å². The summed E-state index contributed by atoms with van der Waals surface area (Å²) in [5.41, 5.74) is 1.70. The fourth-order valence-electron chi connectivity index (χ4n) is 3.01. The van der Waals surface area contributed by atoms with E-state index in [4.69, 9.17) is 4.74 Å². The lowest BCUT2D eigenvalue weighted by atomic mass is 10.1. The Morgan fingerprint density at radius 1 is 1.17 bits per heavy atom. The molecule has 0 saturated carbocycles. The van der Waals surface area contributed by atoms with Crippen LogP contribution in [-0.4, -0.2) is 29.1 Å². The third-order valence-corrected chi connectivity index (χ3v) is 7.75. The van der Waals surface area contributed by atoms with E-state index in [1.165, 1.54) is 34.4 Å². The normalized spacial score (nSPS) is 17.7. The van der Waals surface area contributed by atoms with Crippen LogP contribution in [-0.2, 0) is 14.3 Å². The third-order valence-electron chi connectivity index (χ3n) is 4.60. The van der Waals surface area contributed by atoms with Crippen molar-refractivity contribution in [3.63, 3.8) is 0 Å². The number of carbonyl (C=O) groups is 3. The third kappa shape index (κ3) is 3.64. The highest BCUT2D eigenvalue weighted by Gasteiger charge is 2.46. The average molecular weight is 459 g/mol. The van der Waals surface area contributed by atoms with E-state index < -0.39 is 22.5 Å². The largest absolute Gasteiger partial charge is 0.462 e. The van der Waals surface area contributed by atoms with Gasteiger partial charge < -0.3 is 15.4 Å². The van der Waals surface area contributed by atoms with Crippen LogP contribution < -0.4 is 10.6 Å². The van der Waals surface area contributed by atoms with Gasteiger partial charge in [0.05, 0.1) is 12.3 Å². The summed E-state index contributed by atoms with van der Waals surface area (Å²) >= 11 is 3.93. The number of para-hydroxylation sites is 1. The molecule has 0 spiro atoms. The highest BCUT2D eigenvalue weighted by molar-refractivity contribution is 8.02. The molecule has 9 heteroatoms. The smallest absolute Gasteiger partial charge is 0.341 e. The van der Waals surface area contributed by atoms with Gasteiger partial charge in [-0.2, -0.15) is 0 Å². The Labute approximate surface area is 185 Å². The van der Waals surface area contributed by atoms with Gasteiger partial charge in [0.2, 0.25) is 5.91 Å². The number of benzene rings is 1. The second kappa shape index (κ2) is 8.25. The number of thioether (sulfide) groups is 1. The number of nitrogens with one attached hydrogen (secondary N) is 2. The van der Waals surface area contributed by atoms with Crippen molar-refractivity contribution in [2.24, 2.45) is 0 Å². The molecule has 154 valence electrons. The molecule has 2 N–H and O–H groups in total. The van der Waals surface area contributed by atoms with Crippen molar-refractivity contribution in [1.82, 2.24) is 0 Å². The van der Waals surface area contributed by atoms with Crippen LogP contribution in [0.25, 0.3) is 10.4 Å². The first-order chi connectivity index (χ1) is 14.4. The minimum absolute atomic E-state index is 0.221. The van der Waals surface area contributed by atoms with Crippen molar-refractivity contribution in [2.75, 3.05) is 17.2 Å². The second-order valence-corrected chi connectivity index (χ2v) is 9.88. The zero-order chi connectivity index (χ0) is 21.3. The van der Waals surface area contributed by atoms with Crippen LogP contribution in [0.1, 0.15) is 24.2 Å². The SMILES string of the molecule is CCOC(=O)c1c(-c2cccs2)csc1NC(=O)C1(C)Sc2ccccc2NC1=O. The number of thiophene rings is 2. The van der Waals surface area contributed by atoms with Crippen LogP contribution in [0.5, 0.6) is 0 Å². The summed E-state index contributed by atoms with van der Waals surface area (Å²) in [4.78, 5) is 40.3. The number of anilines is 2. The van der Waals surface area contributed by atoms with E-state index in [1.807, 2.05) is 41.1 Å². The molecule has 2 amide bonds. The van der Waals surface area contributed by atoms with E-state index >= 15 is 0 Å². The monoisotopic (exact) mass is 458 g/mol. The average Bonchev–Trinajstić information content (AvgIpc) is 3.38. The lowest BCUT2D eigenvalue weighted by Crippen LogP contribution is -2.49. The molecule has 6 nitrogen and oxygen atoms in total. The zero-order valence-electron chi connectivity index (χ0n) is 16.2. The summed E-state index contributed by atoms with van der Waals surface area (Å²) in [5.74, 6) is -1.41. The Bertz CT molecular complexity index is 1120. The molecular weight excluding hydrogens is 440 g/mol. The molecule has 0 aliphatic carbocycles. The summed E-state index contributed by atoms with van der Waals surface area (Å²) < 4.78 is 3.84. The molecule has 0 fully saturated rings. The number of hydrogen-bond donors (Lipinski definition) is 2. The Morgan fingerprint density at radius 3 is 2.70 bits per heavy atom. The molecule has 4 rings (SSSR count). The van der Waals surface area contributed by atoms with E-state index in [0.717, 1.165) is 9.77 Å². The van der Waals surface area contributed by atoms with Gasteiger partial charge in [-0.05, 0) is 37.4 Å².